The van der Waals surface area contributed by atoms with E-state index in [2.05, 4.69) is 60.5 Å². The van der Waals surface area contributed by atoms with Gasteiger partial charge in [0.2, 0.25) is 0 Å². The van der Waals surface area contributed by atoms with Gasteiger partial charge in [0.25, 0.3) is 0 Å². The standard InChI is InChI=1S/C16H18N2O/c1-11-3-6-13(7-4-11)16-14(10-19)18-9-12(2)5-8-15(18)17-16/h3-8,17,19H,9-10H2,1-2H3. The van der Waals surface area contributed by atoms with Crippen molar-refractivity contribution in [1.29, 1.82) is 0 Å². The van der Waals surface area contributed by atoms with Crippen molar-refractivity contribution in [2.24, 2.45) is 0 Å². The zero-order valence-electron chi connectivity index (χ0n) is 11.3. The summed E-state index contributed by atoms with van der Waals surface area (Å²) in [6.45, 7) is 5.06. The second kappa shape index (κ2) is 4.59. The number of aryl methyl sites for hydroxylation is 1. The fraction of sp³-hybridized carbons (Fsp3) is 0.250. The molecule has 98 valence electrons. The fourth-order valence-corrected chi connectivity index (χ4v) is 2.51. The van der Waals surface area contributed by atoms with Gasteiger partial charge < -0.3 is 15.3 Å². The highest BCUT2D eigenvalue weighted by molar-refractivity contribution is 5.72. The lowest BCUT2D eigenvalue weighted by Crippen LogP contribution is -2.26. The molecule has 0 fully saturated rings. The van der Waals surface area contributed by atoms with Crippen LogP contribution in [-0.2, 0) is 0 Å². The lowest BCUT2D eigenvalue weighted by molar-refractivity contribution is 0.289. The number of aliphatic hydroxyl groups excluding tert-OH is 1. The number of nitrogens with zero attached hydrogens (tertiary/aromatic N) is 1. The average Bonchev–Trinajstić information content (AvgIpc) is 2.77. The lowest BCUT2D eigenvalue weighted by atomic mass is 10.1. The summed E-state index contributed by atoms with van der Waals surface area (Å²) in [7, 11) is 0. The van der Waals surface area contributed by atoms with Crippen molar-refractivity contribution in [3.05, 3.63) is 64.6 Å². The average molecular weight is 254 g/mol. The third-order valence-electron chi connectivity index (χ3n) is 3.58. The number of hydrogen-bond acceptors (Lipinski definition) is 3. The SMILES string of the molecule is CC1=CC=C2NC(c3ccc(C)cc3)=C(CO)N2C1. The van der Waals surface area contributed by atoms with E-state index in [-0.39, 0.29) is 6.61 Å². The minimum Gasteiger partial charge on any atom is -0.390 e. The summed E-state index contributed by atoms with van der Waals surface area (Å²) < 4.78 is 0. The Bertz CT molecular complexity index is 594. The molecular weight excluding hydrogens is 236 g/mol. The van der Waals surface area contributed by atoms with Crippen molar-refractivity contribution in [1.82, 2.24) is 10.2 Å². The monoisotopic (exact) mass is 254 g/mol. The summed E-state index contributed by atoms with van der Waals surface area (Å²) in [4.78, 5) is 2.14. The van der Waals surface area contributed by atoms with E-state index in [0.29, 0.717) is 0 Å². The Morgan fingerprint density at radius 2 is 1.89 bits per heavy atom. The molecule has 0 aromatic heterocycles. The highest BCUT2D eigenvalue weighted by Crippen LogP contribution is 2.31. The Morgan fingerprint density at radius 1 is 1.16 bits per heavy atom. The molecule has 2 aliphatic rings. The first-order valence-electron chi connectivity index (χ1n) is 6.52. The summed E-state index contributed by atoms with van der Waals surface area (Å²) in [5, 5.41) is 13.1. The summed E-state index contributed by atoms with van der Waals surface area (Å²) in [5.74, 6) is 1.05. The Kier molecular flexibility index (Phi) is 2.91. The Balaban J connectivity index is 2.01. The molecule has 3 rings (SSSR count). The molecule has 2 heterocycles. The molecule has 2 N–H and O–H groups in total. The first-order chi connectivity index (χ1) is 9.19. The van der Waals surface area contributed by atoms with Crippen molar-refractivity contribution in [3.63, 3.8) is 0 Å². The molecule has 19 heavy (non-hydrogen) atoms. The summed E-state index contributed by atoms with van der Waals surface area (Å²) in [6, 6.07) is 8.36. The second-order valence-electron chi connectivity index (χ2n) is 5.12. The van der Waals surface area contributed by atoms with Gasteiger partial charge in [0.1, 0.15) is 5.82 Å². The van der Waals surface area contributed by atoms with Crippen LogP contribution < -0.4 is 5.32 Å². The first kappa shape index (κ1) is 12.1. The zero-order chi connectivity index (χ0) is 13.4. The van der Waals surface area contributed by atoms with Crippen molar-refractivity contribution in [2.75, 3.05) is 13.2 Å². The molecule has 1 aromatic carbocycles. The van der Waals surface area contributed by atoms with Gasteiger partial charge in [-0.25, -0.2) is 0 Å². The van der Waals surface area contributed by atoms with Crippen LogP contribution in [0.2, 0.25) is 0 Å². The fourth-order valence-electron chi connectivity index (χ4n) is 2.51. The van der Waals surface area contributed by atoms with Gasteiger partial charge in [-0.05, 0) is 25.5 Å². The van der Waals surface area contributed by atoms with Crippen LogP contribution in [0.3, 0.4) is 0 Å². The molecule has 0 saturated heterocycles. The van der Waals surface area contributed by atoms with Gasteiger partial charge in [0, 0.05) is 6.54 Å². The molecule has 0 bridgehead atoms. The molecule has 2 aliphatic heterocycles. The molecule has 3 heteroatoms. The number of aliphatic hydroxyl groups is 1. The number of allylic oxidation sites excluding steroid dienone is 2. The van der Waals surface area contributed by atoms with E-state index in [9.17, 15) is 5.11 Å². The van der Waals surface area contributed by atoms with Gasteiger partial charge in [-0.2, -0.15) is 0 Å². The first-order valence-corrected chi connectivity index (χ1v) is 6.52. The lowest BCUT2D eigenvalue weighted by Gasteiger charge is -2.24. The summed E-state index contributed by atoms with van der Waals surface area (Å²) in [6.07, 6.45) is 4.18. The quantitative estimate of drug-likeness (QED) is 0.850. The maximum atomic E-state index is 9.69. The van der Waals surface area contributed by atoms with Crippen LogP contribution in [0.4, 0.5) is 0 Å². The highest BCUT2D eigenvalue weighted by atomic mass is 16.3. The molecule has 0 spiro atoms. The molecule has 0 aliphatic carbocycles. The number of benzene rings is 1. The molecule has 0 saturated carbocycles. The van der Waals surface area contributed by atoms with Crippen LogP contribution in [0.15, 0.2) is 53.5 Å². The van der Waals surface area contributed by atoms with Crippen LogP contribution in [0, 0.1) is 6.92 Å². The summed E-state index contributed by atoms with van der Waals surface area (Å²) in [5.41, 5.74) is 5.60. The minimum atomic E-state index is 0.0425. The smallest absolute Gasteiger partial charge is 0.110 e. The molecular formula is C16H18N2O. The number of hydrogen-bond donors (Lipinski definition) is 2. The summed E-state index contributed by atoms with van der Waals surface area (Å²) >= 11 is 0. The molecule has 0 atom stereocenters. The Hall–Kier alpha value is -2.00. The van der Waals surface area contributed by atoms with E-state index in [1.54, 1.807) is 0 Å². The minimum absolute atomic E-state index is 0.0425. The van der Waals surface area contributed by atoms with Crippen molar-refractivity contribution < 1.29 is 5.11 Å². The third kappa shape index (κ3) is 2.06. The molecule has 3 nitrogen and oxygen atoms in total. The molecule has 0 unspecified atom stereocenters. The predicted octanol–water partition coefficient (Wildman–Crippen LogP) is 2.36. The number of rotatable bonds is 2. The van der Waals surface area contributed by atoms with Crippen LogP contribution >= 0.6 is 0 Å². The molecule has 0 radical (unpaired) electrons. The van der Waals surface area contributed by atoms with Gasteiger partial charge in [-0.15, -0.1) is 0 Å². The van der Waals surface area contributed by atoms with Crippen LogP contribution in [0.25, 0.3) is 5.70 Å². The van der Waals surface area contributed by atoms with Crippen LogP contribution in [-0.4, -0.2) is 23.2 Å². The van der Waals surface area contributed by atoms with Crippen molar-refractivity contribution in [3.8, 4) is 0 Å². The van der Waals surface area contributed by atoms with Gasteiger partial charge in [0.15, 0.2) is 0 Å². The van der Waals surface area contributed by atoms with E-state index >= 15 is 0 Å². The van der Waals surface area contributed by atoms with E-state index in [1.807, 2.05) is 0 Å². The van der Waals surface area contributed by atoms with Gasteiger partial charge in [0.05, 0.1) is 18.0 Å². The van der Waals surface area contributed by atoms with E-state index < -0.39 is 0 Å². The molecule has 0 amide bonds. The van der Waals surface area contributed by atoms with E-state index in [1.165, 1.54) is 11.1 Å². The third-order valence-corrected chi connectivity index (χ3v) is 3.58. The van der Waals surface area contributed by atoms with E-state index in [4.69, 9.17) is 0 Å². The van der Waals surface area contributed by atoms with Gasteiger partial charge in [-0.1, -0.05) is 41.5 Å². The van der Waals surface area contributed by atoms with Crippen LogP contribution in [0.1, 0.15) is 18.1 Å². The normalized spacial score (nSPS) is 17.9. The number of nitrogens with one attached hydrogen (secondary N) is 1. The van der Waals surface area contributed by atoms with Crippen molar-refractivity contribution >= 4 is 5.70 Å². The topological polar surface area (TPSA) is 35.5 Å². The number of fused-ring (bicyclic) bond motifs is 1. The zero-order valence-corrected chi connectivity index (χ0v) is 11.3. The van der Waals surface area contributed by atoms with E-state index in [0.717, 1.165) is 29.3 Å². The highest BCUT2D eigenvalue weighted by Gasteiger charge is 2.28. The van der Waals surface area contributed by atoms with Gasteiger partial charge >= 0.3 is 0 Å². The largest absolute Gasteiger partial charge is 0.390 e. The second-order valence-corrected chi connectivity index (χ2v) is 5.12. The maximum absolute atomic E-state index is 9.69. The van der Waals surface area contributed by atoms with Crippen LogP contribution in [0.5, 0.6) is 0 Å². The Morgan fingerprint density at radius 3 is 2.58 bits per heavy atom. The Labute approximate surface area is 113 Å². The van der Waals surface area contributed by atoms with Gasteiger partial charge in [-0.3, -0.25) is 0 Å². The predicted molar refractivity (Wildman–Crippen MR) is 76.9 cm³/mol. The molecule has 1 aromatic rings. The van der Waals surface area contributed by atoms with Crippen molar-refractivity contribution in [2.45, 2.75) is 13.8 Å². The maximum Gasteiger partial charge on any atom is 0.110 e.